The lowest BCUT2D eigenvalue weighted by atomic mass is 10.0. The van der Waals surface area contributed by atoms with Crippen molar-refractivity contribution in [3.63, 3.8) is 0 Å². The van der Waals surface area contributed by atoms with Gasteiger partial charge in [0.05, 0.1) is 6.04 Å². The molecule has 0 saturated carbocycles. The van der Waals surface area contributed by atoms with Crippen LogP contribution in [0.25, 0.3) is 0 Å². The molecule has 2 aromatic carbocycles. The molecule has 0 bridgehead atoms. The number of rotatable bonds is 4. The lowest BCUT2D eigenvalue weighted by Crippen LogP contribution is -2.51. The van der Waals surface area contributed by atoms with Gasteiger partial charge in [0.25, 0.3) is 0 Å². The van der Waals surface area contributed by atoms with Crippen molar-refractivity contribution < 1.29 is 4.74 Å². The maximum Gasteiger partial charge on any atom is 0.140 e. The summed E-state index contributed by atoms with van der Waals surface area (Å²) in [4.78, 5) is 4.93. The number of likely N-dealkylation sites (N-methyl/N-ethyl adjacent to an activating group) is 1. The summed E-state index contributed by atoms with van der Waals surface area (Å²) in [6, 6.07) is 14.8. The number of hydrogen-bond acceptors (Lipinski definition) is 3. The summed E-state index contributed by atoms with van der Waals surface area (Å²) in [5.74, 6) is 0.887. The molecule has 1 aliphatic carbocycles. The fourth-order valence-corrected chi connectivity index (χ4v) is 5.02. The molecule has 0 radical (unpaired) electrons. The molecule has 1 fully saturated rings. The first-order valence-corrected chi connectivity index (χ1v) is 10.4. The van der Waals surface area contributed by atoms with Gasteiger partial charge in [-0.3, -0.25) is 4.90 Å². The van der Waals surface area contributed by atoms with E-state index < -0.39 is 0 Å². The normalized spacial score (nSPS) is 25.6. The third-order valence-electron chi connectivity index (χ3n) is 5.90. The second-order valence-electron chi connectivity index (χ2n) is 7.83. The summed E-state index contributed by atoms with van der Waals surface area (Å²) in [5, 5.41) is 1.42. The van der Waals surface area contributed by atoms with Gasteiger partial charge in [-0.2, -0.15) is 0 Å². The van der Waals surface area contributed by atoms with Crippen LogP contribution in [0.2, 0.25) is 10.0 Å². The Morgan fingerprint density at radius 1 is 1.11 bits per heavy atom. The highest BCUT2D eigenvalue weighted by molar-refractivity contribution is 6.35. The molecule has 2 aromatic rings. The van der Waals surface area contributed by atoms with E-state index in [4.69, 9.17) is 27.9 Å². The Bertz CT molecular complexity index is 796. The average Bonchev–Trinajstić information content (AvgIpc) is 3.01. The lowest BCUT2D eigenvalue weighted by molar-refractivity contribution is 0.0380. The smallest absolute Gasteiger partial charge is 0.140 e. The van der Waals surface area contributed by atoms with Gasteiger partial charge in [-0.25, -0.2) is 0 Å². The van der Waals surface area contributed by atoms with Gasteiger partial charge >= 0.3 is 0 Å². The Morgan fingerprint density at radius 3 is 2.63 bits per heavy atom. The molecule has 3 atom stereocenters. The number of hydrogen-bond donors (Lipinski definition) is 0. The van der Waals surface area contributed by atoms with Gasteiger partial charge < -0.3 is 9.64 Å². The van der Waals surface area contributed by atoms with E-state index in [2.05, 4.69) is 23.9 Å². The van der Waals surface area contributed by atoms with Crippen LogP contribution in [0.3, 0.4) is 0 Å². The summed E-state index contributed by atoms with van der Waals surface area (Å²) in [6.45, 7) is 2.16. The monoisotopic (exact) mass is 404 g/mol. The quantitative estimate of drug-likeness (QED) is 0.707. The molecule has 4 rings (SSSR count). The molecule has 2 aliphatic rings. The first-order valence-electron chi connectivity index (χ1n) is 9.63. The Morgan fingerprint density at radius 2 is 1.89 bits per heavy atom. The van der Waals surface area contributed by atoms with Crippen molar-refractivity contribution in [3.8, 4) is 5.75 Å². The van der Waals surface area contributed by atoms with E-state index >= 15 is 0 Å². The molecule has 144 valence electrons. The number of benzene rings is 2. The molecular weight excluding hydrogens is 379 g/mol. The Balaban J connectivity index is 1.66. The Kier molecular flexibility index (Phi) is 5.65. The number of halogens is 2. The summed E-state index contributed by atoms with van der Waals surface area (Å²) in [7, 11) is 4.35. The molecule has 1 saturated heterocycles. The lowest BCUT2D eigenvalue weighted by Gasteiger charge is -2.41. The first kappa shape index (κ1) is 19.1. The summed E-state index contributed by atoms with van der Waals surface area (Å²) in [6.07, 6.45) is 3.31. The van der Waals surface area contributed by atoms with Gasteiger partial charge in [0, 0.05) is 28.2 Å². The van der Waals surface area contributed by atoms with Crippen molar-refractivity contribution in [3.05, 3.63) is 63.6 Å². The number of para-hydroxylation sites is 1. The maximum absolute atomic E-state index is 6.56. The third kappa shape index (κ3) is 3.97. The molecular formula is C22H26Cl2N2O. The molecule has 3 nitrogen and oxygen atoms in total. The summed E-state index contributed by atoms with van der Waals surface area (Å²) in [5.41, 5.74) is 2.31. The fourth-order valence-electron chi connectivity index (χ4n) is 4.43. The van der Waals surface area contributed by atoms with E-state index in [-0.39, 0.29) is 12.1 Å². The maximum atomic E-state index is 6.56. The van der Waals surface area contributed by atoms with Crippen LogP contribution in [0, 0.1) is 0 Å². The number of nitrogens with zero attached hydrogens (tertiary/aromatic N) is 2. The summed E-state index contributed by atoms with van der Waals surface area (Å²) >= 11 is 12.9. The van der Waals surface area contributed by atoms with E-state index in [9.17, 15) is 0 Å². The van der Waals surface area contributed by atoms with E-state index in [1.54, 1.807) is 0 Å². The van der Waals surface area contributed by atoms with Gasteiger partial charge in [0.2, 0.25) is 0 Å². The molecule has 1 heterocycles. The minimum Gasteiger partial charge on any atom is -0.484 e. The van der Waals surface area contributed by atoms with Crippen LogP contribution < -0.4 is 4.74 Å². The molecule has 0 spiro atoms. The molecule has 0 N–H and O–H groups in total. The zero-order chi connectivity index (χ0) is 19.0. The molecule has 5 heteroatoms. The molecule has 27 heavy (non-hydrogen) atoms. The highest BCUT2D eigenvalue weighted by Crippen LogP contribution is 2.43. The van der Waals surface area contributed by atoms with Crippen LogP contribution in [0.15, 0.2) is 42.5 Å². The van der Waals surface area contributed by atoms with Crippen LogP contribution in [-0.4, -0.2) is 49.1 Å². The number of fused-ring (bicyclic) bond motifs is 1. The number of ether oxygens (including phenoxy) is 1. The van der Waals surface area contributed by atoms with Crippen LogP contribution in [0.1, 0.15) is 30.1 Å². The highest BCUT2D eigenvalue weighted by Gasteiger charge is 2.41. The Hall–Kier alpha value is -1.26. The molecule has 0 unspecified atom stereocenters. The van der Waals surface area contributed by atoms with Gasteiger partial charge in [-0.15, -0.1) is 0 Å². The van der Waals surface area contributed by atoms with Crippen molar-refractivity contribution in [1.82, 2.24) is 9.80 Å². The SMILES string of the molecule is CN(C)[C@@H]1CCCN([C@H]2Cc3c(Cl)cc(Cl)cc3[C@@H]2Oc2ccccc2)C1. The predicted molar refractivity (Wildman–Crippen MR) is 112 cm³/mol. The predicted octanol–water partition coefficient (Wildman–Crippen LogP) is 5.06. The van der Waals surface area contributed by atoms with E-state index in [0.717, 1.165) is 35.8 Å². The first-order chi connectivity index (χ1) is 13.0. The third-order valence-corrected chi connectivity index (χ3v) is 6.45. The second-order valence-corrected chi connectivity index (χ2v) is 8.68. The van der Waals surface area contributed by atoms with E-state index in [1.165, 1.54) is 18.4 Å². The van der Waals surface area contributed by atoms with Crippen LogP contribution in [-0.2, 0) is 6.42 Å². The van der Waals surface area contributed by atoms with Gasteiger partial charge in [0.1, 0.15) is 11.9 Å². The van der Waals surface area contributed by atoms with E-state index in [1.807, 2.05) is 42.5 Å². The molecule has 0 amide bonds. The topological polar surface area (TPSA) is 15.7 Å². The minimum atomic E-state index is -0.0560. The largest absolute Gasteiger partial charge is 0.484 e. The van der Waals surface area contributed by atoms with Crippen LogP contribution in [0.4, 0.5) is 0 Å². The summed E-state index contributed by atoms with van der Waals surface area (Å²) < 4.78 is 6.50. The van der Waals surface area contributed by atoms with Gasteiger partial charge in [-0.1, -0.05) is 41.4 Å². The van der Waals surface area contributed by atoms with E-state index in [0.29, 0.717) is 11.1 Å². The number of likely N-dealkylation sites (tertiary alicyclic amines) is 1. The van der Waals surface area contributed by atoms with Crippen molar-refractivity contribution in [2.45, 2.75) is 37.5 Å². The second kappa shape index (κ2) is 8.00. The fraction of sp³-hybridized carbons (Fsp3) is 0.455. The standard InChI is InChI=1S/C22H26Cl2N2O/c1-25(2)16-7-6-10-26(14-16)21-13-18-19(11-15(23)12-20(18)24)22(21)27-17-8-4-3-5-9-17/h3-5,8-9,11-12,16,21-22H,6-7,10,13-14H2,1-2H3/t16-,21+,22+/m1/s1. The van der Waals surface area contributed by atoms with Crippen molar-refractivity contribution >= 4 is 23.2 Å². The average molecular weight is 405 g/mol. The molecule has 0 aromatic heterocycles. The van der Waals surface area contributed by atoms with Gasteiger partial charge in [-0.05, 0) is 69.7 Å². The van der Waals surface area contributed by atoms with Gasteiger partial charge in [0.15, 0.2) is 0 Å². The zero-order valence-corrected chi connectivity index (χ0v) is 17.4. The van der Waals surface area contributed by atoms with Crippen molar-refractivity contribution in [2.75, 3.05) is 27.2 Å². The van der Waals surface area contributed by atoms with Crippen LogP contribution >= 0.6 is 23.2 Å². The minimum absolute atomic E-state index is 0.0560. The van der Waals surface area contributed by atoms with Crippen molar-refractivity contribution in [2.24, 2.45) is 0 Å². The molecule has 1 aliphatic heterocycles. The number of piperidine rings is 1. The Labute approximate surface area is 171 Å². The van der Waals surface area contributed by atoms with Crippen molar-refractivity contribution in [1.29, 1.82) is 0 Å². The van der Waals surface area contributed by atoms with Crippen LogP contribution in [0.5, 0.6) is 5.75 Å². The highest BCUT2D eigenvalue weighted by atomic mass is 35.5. The zero-order valence-electron chi connectivity index (χ0n) is 15.9.